The third-order valence-corrected chi connectivity index (χ3v) is 2.21. The predicted octanol–water partition coefficient (Wildman–Crippen LogP) is 2.91. The molecule has 0 saturated heterocycles. The van der Waals surface area contributed by atoms with Crippen LogP contribution in [0, 0.1) is 0 Å². The number of Topliss-reactive ketones (excluding diaryl/α,β-unsaturated/α-hetero) is 2. The highest BCUT2D eigenvalue weighted by molar-refractivity contribution is 6.09. The van der Waals surface area contributed by atoms with Crippen LogP contribution in [0.3, 0.4) is 0 Å². The lowest BCUT2D eigenvalue weighted by molar-refractivity contribution is -0.170. The maximum Gasteiger partial charge on any atom is 0.450 e. The van der Waals surface area contributed by atoms with Crippen LogP contribution in [0.15, 0.2) is 34.3 Å². The average Bonchev–Trinajstić information content (AvgIpc) is 2.39. The average molecular weight is 300 g/mol. The standard InChI is InChI=1S/C12H10F3NO2.C2H5N/c1-16-7-8-2-4-9(5-3-8)10(17)6-11(18)12(13,14)15;1-3-2/h2-5H,1,6-7H2;1H2,2H3. The van der Waals surface area contributed by atoms with Crippen molar-refractivity contribution in [2.24, 2.45) is 9.98 Å². The van der Waals surface area contributed by atoms with Crippen LogP contribution in [-0.4, -0.2) is 38.2 Å². The largest absolute Gasteiger partial charge is 0.450 e. The van der Waals surface area contributed by atoms with Crippen molar-refractivity contribution in [3.8, 4) is 0 Å². The number of halogens is 3. The molecule has 0 aliphatic rings. The Morgan fingerprint density at radius 3 is 2.00 bits per heavy atom. The summed E-state index contributed by atoms with van der Waals surface area (Å²) in [6, 6.07) is 5.85. The molecule has 0 fully saturated rings. The van der Waals surface area contributed by atoms with Gasteiger partial charge in [0.25, 0.3) is 0 Å². The zero-order valence-electron chi connectivity index (χ0n) is 11.5. The van der Waals surface area contributed by atoms with Crippen LogP contribution in [-0.2, 0) is 11.3 Å². The molecule has 7 heteroatoms. The lowest BCUT2D eigenvalue weighted by atomic mass is 10.0. The van der Waals surface area contributed by atoms with Crippen LogP contribution in [0.25, 0.3) is 0 Å². The molecule has 0 aliphatic carbocycles. The van der Waals surface area contributed by atoms with E-state index in [1.165, 1.54) is 12.1 Å². The molecular formula is C14H15F3N2O2. The third-order valence-electron chi connectivity index (χ3n) is 2.21. The highest BCUT2D eigenvalue weighted by Crippen LogP contribution is 2.19. The van der Waals surface area contributed by atoms with Gasteiger partial charge in [0.05, 0.1) is 13.0 Å². The van der Waals surface area contributed by atoms with Crippen molar-refractivity contribution < 1.29 is 22.8 Å². The zero-order chi connectivity index (χ0) is 16.5. The lowest BCUT2D eigenvalue weighted by Crippen LogP contribution is -2.25. The summed E-state index contributed by atoms with van der Waals surface area (Å²) in [7, 11) is 1.64. The first-order chi connectivity index (χ1) is 9.76. The molecular weight excluding hydrogens is 285 g/mol. The van der Waals surface area contributed by atoms with Gasteiger partial charge in [0.15, 0.2) is 5.78 Å². The second kappa shape index (κ2) is 8.78. The summed E-state index contributed by atoms with van der Waals surface area (Å²) < 4.78 is 35.9. The van der Waals surface area contributed by atoms with Crippen molar-refractivity contribution in [3.05, 3.63) is 35.4 Å². The van der Waals surface area contributed by atoms with Gasteiger partial charge in [0.2, 0.25) is 5.78 Å². The van der Waals surface area contributed by atoms with Crippen molar-refractivity contribution >= 4 is 25.0 Å². The monoisotopic (exact) mass is 300 g/mol. The van der Waals surface area contributed by atoms with E-state index in [1.807, 2.05) is 0 Å². The summed E-state index contributed by atoms with van der Waals surface area (Å²) in [5.41, 5.74) is 0.851. The molecule has 0 aliphatic heterocycles. The number of hydrogen-bond acceptors (Lipinski definition) is 4. The highest BCUT2D eigenvalue weighted by atomic mass is 19.4. The molecule has 0 aromatic heterocycles. The van der Waals surface area contributed by atoms with E-state index in [0.29, 0.717) is 6.54 Å². The van der Waals surface area contributed by atoms with Crippen LogP contribution in [0.5, 0.6) is 0 Å². The number of aliphatic imine (C=N–C) groups is 2. The minimum atomic E-state index is -4.97. The fourth-order valence-electron chi connectivity index (χ4n) is 1.27. The number of carbonyl (C=O) groups is 2. The topological polar surface area (TPSA) is 58.9 Å². The summed E-state index contributed by atoms with van der Waals surface area (Å²) in [5, 5.41) is 0. The van der Waals surface area contributed by atoms with Gasteiger partial charge in [-0.15, -0.1) is 0 Å². The molecule has 0 radical (unpaired) electrons. The van der Waals surface area contributed by atoms with Crippen molar-refractivity contribution in [2.45, 2.75) is 19.1 Å². The number of nitrogens with zero attached hydrogens (tertiary/aromatic N) is 2. The molecule has 1 rings (SSSR count). The van der Waals surface area contributed by atoms with E-state index in [-0.39, 0.29) is 5.56 Å². The van der Waals surface area contributed by atoms with Crippen LogP contribution in [0.1, 0.15) is 22.3 Å². The van der Waals surface area contributed by atoms with E-state index in [2.05, 4.69) is 23.4 Å². The Kier molecular flexibility index (Phi) is 7.81. The van der Waals surface area contributed by atoms with E-state index in [1.54, 1.807) is 19.2 Å². The maximum absolute atomic E-state index is 12.0. The third kappa shape index (κ3) is 7.14. The van der Waals surface area contributed by atoms with Gasteiger partial charge in [-0.2, -0.15) is 13.2 Å². The SMILES string of the molecule is C=NC.C=NCc1ccc(C(=O)CC(=O)C(F)(F)F)cc1. The van der Waals surface area contributed by atoms with Crippen molar-refractivity contribution in [1.82, 2.24) is 0 Å². The molecule has 0 spiro atoms. The summed E-state index contributed by atoms with van der Waals surface area (Å²) in [6.45, 7) is 6.76. The molecule has 21 heavy (non-hydrogen) atoms. The van der Waals surface area contributed by atoms with Gasteiger partial charge in [-0.1, -0.05) is 24.3 Å². The summed E-state index contributed by atoms with van der Waals surface area (Å²) in [5.74, 6) is -2.89. The van der Waals surface area contributed by atoms with Crippen molar-refractivity contribution in [1.29, 1.82) is 0 Å². The molecule has 0 N–H and O–H groups in total. The Labute approximate surface area is 120 Å². The molecule has 0 bridgehead atoms. The van der Waals surface area contributed by atoms with E-state index in [9.17, 15) is 22.8 Å². The van der Waals surface area contributed by atoms with Gasteiger partial charge in [-0.25, -0.2) is 0 Å². The molecule has 114 valence electrons. The van der Waals surface area contributed by atoms with Gasteiger partial charge in [-0.3, -0.25) is 14.6 Å². The lowest BCUT2D eigenvalue weighted by Gasteiger charge is -2.05. The molecule has 0 unspecified atom stereocenters. The number of rotatable bonds is 5. The van der Waals surface area contributed by atoms with Crippen molar-refractivity contribution in [2.75, 3.05) is 7.05 Å². The number of alkyl halides is 3. The minimum absolute atomic E-state index is 0.0698. The van der Waals surface area contributed by atoms with E-state index < -0.39 is 24.2 Å². The number of carbonyl (C=O) groups excluding carboxylic acids is 2. The molecule has 0 saturated carbocycles. The Bertz CT molecular complexity index is 508. The van der Waals surface area contributed by atoms with E-state index in [4.69, 9.17) is 0 Å². The van der Waals surface area contributed by atoms with E-state index in [0.717, 1.165) is 5.56 Å². The first-order valence-corrected chi connectivity index (χ1v) is 5.75. The molecule has 1 aromatic carbocycles. The van der Waals surface area contributed by atoms with Gasteiger partial charge in [0.1, 0.15) is 0 Å². The fourth-order valence-corrected chi connectivity index (χ4v) is 1.27. The molecule has 4 nitrogen and oxygen atoms in total. The van der Waals surface area contributed by atoms with Gasteiger partial charge in [0, 0.05) is 12.6 Å². The van der Waals surface area contributed by atoms with Crippen LogP contribution in [0.2, 0.25) is 0 Å². The fraction of sp³-hybridized carbons (Fsp3) is 0.286. The van der Waals surface area contributed by atoms with Crippen LogP contribution >= 0.6 is 0 Å². The second-order valence-electron chi connectivity index (χ2n) is 3.92. The molecule has 0 atom stereocenters. The predicted molar refractivity (Wildman–Crippen MR) is 75.2 cm³/mol. The number of benzene rings is 1. The Balaban J connectivity index is 0.00000122. The zero-order valence-corrected chi connectivity index (χ0v) is 11.5. The van der Waals surface area contributed by atoms with E-state index >= 15 is 0 Å². The Morgan fingerprint density at radius 2 is 1.62 bits per heavy atom. The van der Waals surface area contributed by atoms with Crippen molar-refractivity contribution in [3.63, 3.8) is 0 Å². The van der Waals surface area contributed by atoms with Crippen LogP contribution in [0.4, 0.5) is 13.2 Å². The molecule has 0 heterocycles. The quantitative estimate of drug-likeness (QED) is 0.477. The highest BCUT2D eigenvalue weighted by Gasteiger charge is 2.39. The summed E-state index contributed by atoms with van der Waals surface area (Å²) >= 11 is 0. The van der Waals surface area contributed by atoms with Gasteiger partial charge < -0.3 is 4.99 Å². The number of hydrogen-bond donors (Lipinski definition) is 0. The maximum atomic E-state index is 12.0. The summed E-state index contributed by atoms with van der Waals surface area (Å²) in [4.78, 5) is 28.9. The normalized spacial score (nSPS) is 10.1. The minimum Gasteiger partial charge on any atom is -0.304 e. The van der Waals surface area contributed by atoms with Crippen LogP contribution < -0.4 is 0 Å². The second-order valence-corrected chi connectivity index (χ2v) is 3.92. The van der Waals surface area contributed by atoms with Gasteiger partial charge >= 0.3 is 6.18 Å². The Hall–Kier alpha value is -2.31. The first-order valence-electron chi connectivity index (χ1n) is 5.75. The Morgan fingerprint density at radius 1 is 1.14 bits per heavy atom. The first kappa shape index (κ1) is 18.7. The smallest absolute Gasteiger partial charge is 0.304 e. The summed E-state index contributed by atoms with van der Waals surface area (Å²) in [6.07, 6.45) is -6.13. The van der Waals surface area contributed by atoms with Gasteiger partial charge in [-0.05, 0) is 19.0 Å². The number of ketones is 2. The molecule has 0 amide bonds. The molecule has 1 aromatic rings.